The number of ether oxygens (including phenoxy) is 1. The fourth-order valence-corrected chi connectivity index (χ4v) is 5.29. The standard InChI is InChI=1S/C33H30N2O14/c1-17(36)16-48-33(47)21-5-3-2-4-20(21)32-22-6-18(10-34(12-28(39)40)13-29(41)42)24(37)8-26(22)49-27-9-25(38)19(7-23(27)32)11-35(14-30(43)44)15-31(45)46/h2-9,37H,10-16H2,1H3,(H,39,40)(H,41,42)(H,43,44)(H,45,46). The maximum absolute atomic E-state index is 13.2. The van der Waals surface area contributed by atoms with Gasteiger partial charge in [-0.2, -0.15) is 0 Å². The fraction of sp³-hybridized carbons (Fsp3) is 0.242. The van der Waals surface area contributed by atoms with Crippen LogP contribution in [0.2, 0.25) is 0 Å². The van der Waals surface area contributed by atoms with Crippen molar-refractivity contribution in [3.63, 3.8) is 0 Å². The molecule has 16 nitrogen and oxygen atoms in total. The molecule has 0 unspecified atom stereocenters. The van der Waals surface area contributed by atoms with Crippen LogP contribution in [0.3, 0.4) is 0 Å². The van der Waals surface area contributed by atoms with Crippen molar-refractivity contribution in [1.29, 1.82) is 0 Å². The number of phenols is 1. The van der Waals surface area contributed by atoms with Gasteiger partial charge < -0.3 is 34.7 Å². The highest BCUT2D eigenvalue weighted by Crippen LogP contribution is 2.43. The second-order valence-electron chi connectivity index (χ2n) is 11.1. The van der Waals surface area contributed by atoms with E-state index in [1.165, 1.54) is 43.3 Å². The molecule has 0 aromatic heterocycles. The van der Waals surface area contributed by atoms with Gasteiger partial charge in [-0.1, -0.05) is 18.2 Å². The first-order valence-corrected chi connectivity index (χ1v) is 14.5. The van der Waals surface area contributed by atoms with Gasteiger partial charge in [-0.15, -0.1) is 0 Å². The van der Waals surface area contributed by atoms with Crippen molar-refractivity contribution < 1.29 is 63.5 Å². The summed E-state index contributed by atoms with van der Waals surface area (Å²) in [7, 11) is 0. The summed E-state index contributed by atoms with van der Waals surface area (Å²) in [5.74, 6) is -7.03. The molecule has 2 aromatic rings. The highest BCUT2D eigenvalue weighted by molar-refractivity contribution is 6.08. The number of rotatable bonds is 16. The predicted molar refractivity (Wildman–Crippen MR) is 168 cm³/mol. The number of aliphatic carboxylic acids is 4. The fourth-order valence-electron chi connectivity index (χ4n) is 5.29. The molecule has 0 spiro atoms. The number of Topliss-reactive ketones (excluding diaryl/α,β-unsaturated/α-hetero) is 1. The lowest BCUT2D eigenvalue weighted by molar-refractivity contribution is -0.144. The molecule has 49 heavy (non-hydrogen) atoms. The number of carbonyl (C=O) groups excluding carboxylic acids is 2. The molecule has 0 saturated heterocycles. The van der Waals surface area contributed by atoms with Crippen molar-refractivity contribution in [1.82, 2.24) is 9.80 Å². The van der Waals surface area contributed by atoms with Crippen molar-refractivity contribution in [2.75, 3.05) is 32.8 Å². The Hall–Kier alpha value is -6.13. The summed E-state index contributed by atoms with van der Waals surface area (Å²) in [4.78, 5) is 85.9. The van der Waals surface area contributed by atoms with E-state index in [0.717, 1.165) is 15.9 Å². The van der Waals surface area contributed by atoms with E-state index in [2.05, 4.69) is 0 Å². The summed E-state index contributed by atoms with van der Waals surface area (Å²) in [5.41, 5.74) is 0.0668. The minimum atomic E-state index is -1.33. The molecular formula is C33H30N2O14. The van der Waals surface area contributed by atoms with Crippen molar-refractivity contribution in [3.05, 3.63) is 75.4 Å². The molecule has 16 heteroatoms. The molecule has 0 radical (unpaired) electrons. The number of fused-ring (bicyclic) bond motifs is 2. The van der Waals surface area contributed by atoms with E-state index < -0.39 is 86.1 Å². The van der Waals surface area contributed by atoms with E-state index >= 15 is 0 Å². The zero-order valence-electron chi connectivity index (χ0n) is 25.9. The van der Waals surface area contributed by atoms with Crippen LogP contribution >= 0.6 is 0 Å². The van der Waals surface area contributed by atoms with Crippen LogP contribution in [0.25, 0.3) is 33.4 Å². The van der Waals surface area contributed by atoms with Crippen LogP contribution in [0, 0.1) is 0 Å². The lowest BCUT2D eigenvalue weighted by atomic mass is 9.89. The Bertz CT molecular complexity index is 1970. The lowest BCUT2D eigenvalue weighted by Crippen LogP contribution is -2.35. The summed E-state index contributed by atoms with van der Waals surface area (Å²) < 4.78 is 11.2. The first-order valence-electron chi connectivity index (χ1n) is 14.5. The van der Waals surface area contributed by atoms with Crippen LogP contribution in [0.1, 0.15) is 28.4 Å². The average molecular weight is 679 g/mol. The summed E-state index contributed by atoms with van der Waals surface area (Å²) in [6, 6.07) is 11.1. The molecule has 256 valence electrons. The molecule has 0 fully saturated rings. The maximum atomic E-state index is 13.2. The number of hydrogen-bond donors (Lipinski definition) is 5. The van der Waals surface area contributed by atoms with Gasteiger partial charge in [-0.3, -0.25) is 38.6 Å². The normalized spacial score (nSPS) is 11.2. The van der Waals surface area contributed by atoms with Gasteiger partial charge >= 0.3 is 29.8 Å². The van der Waals surface area contributed by atoms with Crippen molar-refractivity contribution in [2.24, 2.45) is 0 Å². The van der Waals surface area contributed by atoms with Gasteiger partial charge in [0.2, 0.25) is 0 Å². The lowest BCUT2D eigenvalue weighted by Gasteiger charge is -2.22. The Labute approximate surface area is 276 Å². The third-order valence-electron chi connectivity index (χ3n) is 7.15. The second kappa shape index (κ2) is 15.2. The van der Waals surface area contributed by atoms with Crippen molar-refractivity contribution >= 4 is 46.6 Å². The molecule has 1 aliphatic heterocycles. The van der Waals surface area contributed by atoms with Crippen molar-refractivity contribution in [2.45, 2.75) is 20.0 Å². The molecule has 2 aromatic carbocycles. The predicted octanol–water partition coefficient (Wildman–Crippen LogP) is 1.96. The van der Waals surface area contributed by atoms with Crippen LogP contribution in [-0.4, -0.2) is 104 Å². The van der Waals surface area contributed by atoms with Crippen LogP contribution in [0.15, 0.2) is 57.7 Å². The summed E-state index contributed by atoms with van der Waals surface area (Å²) in [5, 5.41) is 48.4. The SMILES string of the molecule is CC(=O)COC(=O)c1ccccc1-c1c2cc(CN(CC(=O)O)CC(=O)O)c(=O)cc-2oc2cc(O)c(CN(CC(=O)O)CC(=O)O)cc12. The molecule has 0 amide bonds. The number of phenolic OH excluding ortho intramolecular Hbond substituents is 1. The van der Waals surface area contributed by atoms with Crippen LogP contribution < -0.4 is 5.43 Å². The first-order chi connectivity index (χ1) is 23.1. The van der Waals surface area contributed by atoms with E-state index in [1.807, 2.05) is 0 Å². The van der Waals surface area contributed by atoms with Gasteiger partial charge in [0, 0.05) is 52.9 Å². The number of hydrogen-bond acceptors (Lipinski definition) is 12. The van der Waals surface area contributed by atoms with E-state index in [9.17, 15) is 59.1 Å². The van der Waals surface area contributed by atoms with E-state index in [4.69, 9.17) is 9.15 Å². The monoisotopic (exact) mass is 678 g/mol. The highest BCUT2D eigenvalue weighted by atomic mass is 16.5. The zero-order chi connectivity index (χ0) is 36.0. The number of carboxylic acid groups (broad SMARTS) is 4. The number of esters is 1. The maximum Gasteiger partial charge on any atom is 0.339 e. The molecule has 5 N–H and O–H groups in total. The topological polar surface area (TPSA) is 249 Å². The second-order valence-corrected chi connectivity index (χ2v) is 11.1. The Morgan fingerprint density at radius 1 is 0.735 bits per heavy atom. The number of aromatic hydroxyl groups is 1. The molecule has 1 aliphatic carbocycles. The van der Waals surface area contributed by atoms with Gasteiger partial charge in [0.05, 0.1) is 31.7 Å². The average Bonchev–Trinajstić information content (AvgIpc) is 2.98. The van der Waals surface area contributed by atoms with Crippen LogP contribution in [0.5, 0.6) is 5.75 Å². The Morgan fingerprint density at radius 2 is 1.29 bits per heavy atom. The number of nitrogens with zero attached hydrogens (tertiary/aromatic N) is 2. The third-order valence-corrected chi connectivity index (χ3v) is 7.15. The molecular weight excluding hydrogens is 648 g/mol. The molecule has 4 rings (SSSR count). The van der Waals surface area contributed by atoms with E-state index in [1.54, 1.807) is 6.07 Å². The number of carboxylic acids is 4. The molecule has 0 saturated carbocycles. The van der Waals surface area contributed by atoms with Gasteiger partial charge in [-0.05, 0) is 30.7 Å². The third kappa shape index (κ3) is 9.03. The first kappa shape index (κ1) is 35.7. The zero-order valence-corrected chi connectivity index (χ0v) is 25.9. The summed E-state index contributed by atoms with van der Waals surface area (Å²) in [6.45, 7) is -2.79. The highest BCUT2D eigenvalue weighted by Gasteiger charge is 2.26. The molecule has 2 aliphatic rings. The largest absolute Gasteiger partial charge is 0.507 e. The minimum Gasteiger partial charge on any atom is -0.507 e. The van der Waals surface area contributed by atoms with Crippen molar-refractivity contribution in [3.8, 4) is 28.2 Å². The van der Waals surface area contributed by atoms with Gasteiger partial charge in [0.15, 0.2) is 11.2 Å². The smallest absolute Gasteiger partial charge is 0.339 e. The van der Waals surface area contributed by atoms with E-state index in [-0.39, 0.29) is 56.7 Å². The van der Waals surface area contributed by atoms with Crippen LogP contribution in [-0.2, 0) is 41.8 Å². The molecule has 1 heterocycles. The van der Waals surface area contributed by atoms with Gasteiger partial charge in [-0.25, -0.2) is 4.79 Å². The number of carbonyl (C=O) groups is 6. The summed E-state index contributed by atoms with van der Waals surface area (Å²) >= 11 is 0. The van der Waals surface area contributed by atoms with Gasteiger partial charge in [0.25, 0.3) is 0 Å². The Morgan fingerprint density at radius 3 is 1.84 bits per heavy atom. The number of benzene rings is 3. The molecule has 0 atom stereocenters. The van der Waals surface area contributed by atoms with Crippen LogP contribution in [0.4, 0.5) is 0 Å². The summed E-state index contributed by atoms with van der Waals surface area (Å²) in [6.07, 6.45) is 0. The van der Waals surface area contributed by atoms with Gasteiger partial charge in [0.1, 0.15) is 23.7 Å². The Kier molecular flexibility index (Phi) is 11.1. The van der Waals surface area contributed by atoms with E-state index in [0.29, 0.717) is 0 Å². The molecule has 0 bridgehead atoms. The number of ketones is 1. The Balaban J connectivity index is 2.03. The quantitative estimate of drug-likeness (QED) is 0.0839. The minimum absolute atomic E-state index is 0.00389.